The highest BCUT2D eigenvalue weighted by molar-refractivity contribution is 6.06. The Kier molecular flexibility index (Phi) is 3.41. The average Bonchev–Trinajstić information content (AvgIpc) is 3.30. The number of carbonyl (C=O) groups is 2. The number of ether oxygens (including phenoxy) is 1. The Labute approximate surface area is 140 Å². The van der Waals surface area contributed by atoms with Crippen molar-refractivity contribution < 1.29 is 14.3 Å². The maximum atomic E-state index is 12.8. The van der Waals surface area contributed by atoms with E-state index in [1.54, 1.807) is 4.90 Å². The summed E-state index contributed by atoms with van der Waals surface area (Å²) in [5.41, 5.74) is 1.38. The number of methoxy groups -OCH3 is 1. The van der Waals surface area contributed by atoms with Gasteiger partial charge >= 0.3 is 5.97 Å². The average molecular weight is 321 g/mol. The van der Waals surface area contributed by atoms with Gasteiger partial charge < -0.3 is 9.64 Å². The molecule has 4 rings (SSSR count). The molecule has 0 aromatic heterocycles. The van der Waals surface area contributed by atoms with Gasteiger partial charge in [0.25, 0.3) is 0 Å². The first-order valence-electron chi connectivity index (χ1n) is 8.21. The third-order valence-corrected chi connectivity index (χ3v) is 5.08. The Morgan fingerprint density at radius 3 is 2.58 bits per heavy atom. The third kappa shape index (κ3) is 2.21. The number of fused-ring (bicyclic) bond motifs is 1. The van der Waals surface area contributed by atoms with Gasteiger partial charge in [-0.25, -0.2) is 0 Å². The first-order valence-corrected chi connectivity index (χ1v) is 8.21. The molecular formula is C20H19NO3. The predicted molar refractivity (Wildman–Crippen MR) is 92.2 cm³/mol. The zero-order valence-corrected chi connectivity index (χ0v) is 13.6. The van der Waals surface area contributed by atoms with Crippen LogP contribution in [0.3, 0.4) is 0 Å². The van der Waals surface area contributed by atoms with Crippen molar-refractivity contribution in [1.29, 1.82) is 0 Å². The fraction of sp³-hybridized carbons (Fsp3) is 0.300. The number of carbonyl (C=O) groups excluding carboxylic acids is 2. The Morgan fingerprint density at radius 1 is 1.08 bits per heavy atom. The van der Waals surface area contributed by atoms with Gasteiger partial charge in [-0.05, 0) is 34.8 Å². The van der Waals surface area contributed by atoms with Crippen LogP contribution in [0.15, 0.2) is 48.5 Å². The summed E-state index contributed by atoms with van der Waals surface area (Å²) >= 11 is 0. The summed E-state index contributed by atoms with van der Waals surface area (Å²) in [6.45, 7) is 1.10. The molecular weight excluding hydrogens is 302 g/mol. The summed E-state index contributed by atoms with van der Waals surface area (Å²) in [4.78, 5) is 26.5. The summed E-state index contributed by atoms with van der Waals surface area (Å²) in [6.07, 6.45) is 3.28. The Bertz CT molecular complexity index is 859. The van der Waals surface area contributed by atoms with Crippen molar-refractivity contribution in [2.24, 2.45) is 5.41 Å². The van der Waals surface area contributed by atoms with Crippen LogP contribution < -0.4 is 0 Å². The maximum Gasteiger partial charge on any atom is 0.321 e. The summed E-state index contributed by atoms with van der Waals surface area (Å²) in [6, 6.07) is 14.5. The van der Waals surface area contributed by atoms with E-state index in [4.69, 9.17) is 4.74 Å². The van der Waals surface area contributed by atoms with Crippen molar-refractivity contribution in [3.8, 4) is 0 Å². The Morgan fingerprint density at radius 2 is 1.83 bits per heavy atom. The highest BCUT2D eigenvalue weighted by Gasteiger charge is 2.59. The number of hydrogen-bond donors (Lipinski definition) is 0. The lowest BCUT2D eigenvalue weighted by Gasteiger charge is -2.22. The highest BCUT2D eigenvalue weighted by Crippen LogP contribution is 2.49. The number of hydrogen-bond acceptors (Lipinski definition) is 3. The van der Waals surface area contributed by atoms with Crippen LogP contribution >= 0.6 is 0 Å². The van der Waals surface area contributed by atoms with Crippen molar-refractivity contribution in [2.75, 3.05) is 20.2 Å². The molecule has 0 unspecified atom stereocenters. The molecule has 0 saturated heterocycles. The molecule has 0 N–H and O–H groups in total. The van der Waals surface area contributed by atoms with Gasteiger partial charge in [0.05, 0.1) is 7.11 Å². The van der Waals surface area contributed by atoms with E-state index in [2.05, 4.69) is 30.3 Å². The molecule has 0 radical (unpaired) electrons. The van der Waals surface area contributed by atoms with E-state index >= 15 is 0 Å². The van der Waals surface area contributed by atoms with E-state index in [0.29, 0.717) is 25.9 Å². The minimum absolute atomic E-state index is 0.0964. The smallest absolute Gasteiger partial charge is 0.321 e. The number of amides is 1. The van der Waals surface area contributed by atoms with Crippen molar-refractivity contribution in [2.45, 2.75) is 12.8 Å². The van der Waals surface area contributed by atoms with Crippen molar-refractivity contribution in [1.82, 2.24) is 4.90 Å². The van der Waals surface area contributed by atoms with Crippen LogP contribution in [-0.4, -0.2) is 37.0 Å². The minimum atomic E-state index is -0.920. The first kappa shape index (κ1) is 14.9. The minimum Gasteiger partial charge on any atom is -0.468 e. The summed E-state index contributed by atoms with van der Waals surface area (Å²) < 4.78 is 4.82. The van der Waals surface area contributed by atoms with Crippen LogP contribution in [0.5, 0.6) is 0 Å². The molecule has 122 valence electrons. The van der Waals surface area contributed by atoms with Crippen LogP contribution in [0.25, 0.3) is 16.3 Å². The van der Waals surface area contributed by atoms with Gasteiger partial charge in [-0.3, -0.25) is 9.59 Å². The molecule has 1 amide bonds. The van der Waals surface area contributed by atoms with E-state index in [9.17, 15) is 9.59 Å². The van der Waals surface area contributed by atoms with Crippen LogP contribution in [0.1, 0.15) is 18.4 Å². The normalized spacial score (nSPS) is 18.4. The van der Waals surface area contributed by atoms with E-state index in [0.717, 1.165) is 11.1 Å². The molecule has 2 aliphatic rings. The van der Waals surface area contributed by atoms with E-state index in [1.165, 1.54) is 17.9 Å². The van der Waals surface area contributed by atoms with Gasteiger partial charge in [0.1, 0.15) is 5.41 Å². The highest BCUT2D eigenvalue weighted by atomic mass is 16.5. The van der Waals surface area contributed by atoms with Crippen molar-refractivity contribution >= 4 is 28.2 Å². The SMILES string of the molecule is COC(=O)C1(C(=O)N2CC=C(c3cccc4ccccc34)C2)CC1. The molecule has 2 aromatic carbocycles. The lowest BCUT2D eigenvalue weighted by atomic mass is 9.98. The molecule has 2 aromatic rings. The Hall–Kier alpha value is -2.62. The fourth-order valence-electron chi connectivity index (χ4n) is 3.54. The van der Waals surface area contributed by atoms with E-state index < -0.39 is 11.4 Å². The number of benzene rings is 2. The fourth-order valence-corrected chi connectivity index (χ4v) is 3.54. The third-order valence-electron chi connectivity index (χ3n) is 5.08. The lowest BCUT2D eigenvalue weighted by molar-refractivity contribution is -0.155. The van der Waals surface area contributed by atoms with Gasteiger partial charge in [0.15, 0.2) is 0 Å². The number of esters is 1. The molecule has 0 atom stereocenters. The quantitative estimate of drug-likeness (QED) is 0.645. The van der Waals surface area contributed by atoms with Crippen molar-refractivity contribution in [3.05, 3.63) is 54.1 Å². The standard InChI is InChI=1S/C20H19NO3/c1-24-19(23)20(10-11-20)18(22)21-12-9-15(13-21)17-8-4-6-14-5-2-3-7-16(14)17/h2-9H,10-13H2,1H3. The molecule has 0 bridgehead atoms. The molecule has 1 aliphatic carbocycles. The van der Waals surface area contributed by atoms with Crippen molar-refractivity contribution in [3.63, 3.8) is 0 Å². The summed E-state index contributed by atoms with van der Waals surface area (Å²) in [5, 5.41) is 2.38. The number of rotatable bonds is 3. The second kappa shape index (κ2) is 5.48. The molecule has 1 aliphatic heterocycles. The van der Waals surface area contributed by atoms with E-state index in [-0.39, 0.29) is 5.91 Å². The molecule has 0 spiro atoms. The monoisotopic (exact) mass is 321 g/mol. The number of nitrogens with zero attached hydrogens (tertiary/aromatic N) is 1. The topological polar surface area (TPSA) is 46.6 Å². The summed E-state index contributed by atoms with van der Waals surface area (Å²) in [7, 11) is 1.35. The van der Waals surface area contributed by atoms with Gasteiger partial charge in [0, 0.05) is 13.1 Å². The van der Waals surface area contributed by atoms with Crippen LogP contribution in [0.4, 0.5) is 0 Å². The van der Waals surface area contributed by atoms with Crippen LogP contribution in [-0.2, 0) is 14.3 Å². The molecule has 1 fully saturated rings. The van der Waals surface area contributed by atoms with Gasteiger partial charge in [0.2, 0.25) is 5.91 Å². The molecule has 4 heteroatoms. The van der Waals surface area contributed by atoms with Gasteiger partial charge in [-0.15, -0.1) is 0 Å². The van der Waals surface area contributed by atoms with E-state index in [1.807, 2.05) is 18.2 Å². The maximum absolute atomic E-state index is 12.8. The molecule has 1 heterocycles. The molecule has 4 nitrogen and oxygen atoms in total. The lowest BCUT2D eigenvalue weighted by Crippen LogP contribution is -2.40. The zero-order chi connectivity index (χ0) is 16.7. The second-order valence-electron chi connectivity index (χ2n) is 6.52. The van der Waals surface area contributed by atoms with Crippen LogP contribution in [0.2, 0.25) is 0 Å². The van der Waals surface area contributed by atoms with Gasteiger partial charge in [-0.1, -0.05) is 48.5 Å². The van der Waals surface area contributed by atoms with Gasteiger partial charge in [-0.2, -0.15) is 0 Å². The Balaban J connectivity index is 1.58. The second-order valence-corrected chi connectivity index (χ2v) is 6.52. The predicted octanol–water partition coefficient (Wildman–Crippen LogP) is 3.02. The zero-order valence-electron chi connectivity index (χ0n) is 13.6. The molecule has 24 heavy (non-hydrogen) atoms. The largest absolute Gasteiger partial charge is 0.468 e. The molecule has 1 saturated carbocycles. The first-order chi connectivity index (χ1) is 11.7. The summed E-state index contributed by atoms with van der Waals surface area (Å²) in [5.74, 6) is -0.494. The van der Waals surface area contributed by atoms with Crippen LogP contribution in [0, 0.1) is 5.41 Å².